The third-order valence-corrected chi connectivity index (χ3v) is 3.01. The van der Waals surface area contributed by atoms with Crippen LogP contribution in [0.2, 0.25) is 0 Å². The Morgan fingerprint density at radius 3 is 2.65 bits per heavy atom. The van der Waals surface area contributed by atoms with E-state index in [-0.39, 0.29) is 5.78 Å². The van der Waals surface area contributed by atoms with Gasteiger partial charge in [-0.15, -0.1) is 0 Å². The minimum absolute atomic E-state index is 0.153. The topological polar surface area (TPSA) is 38.3 Å². The Morgan fingerprint density at radius 2 is 2.06 bits per heavy atom. The van der Waals surface area contributed by atoms with E-state index < -0.39 is 0 Å². The van der Waals surface area contributed by atoms with Gasteiger partial charge in [-0.3, -0.25) is 4.79 Å². The van der Waals surface area contributed by atoms with Crippen LogP contribution >= 0.6 is 0 Å². The van der Waals surface area contributed by atoms with Crippen molar-refractivity contribution >= 4 is 5.78 Å². The van der Waals surface area contributed by atoms with Gasteiger partial charge in [0.05, 0.1) is 12.7 Å². The van der Waals surface area contributed by atoms with Gasteiger partial charge in [0.1, 0.15) is 5.75 Å². The Bertz CT molecular complexity index is 399. The fourth-order valence-corrected chi connectivity index (χ4v) is 1.83. The molecule has 0 amide bonds. The largest absolute Gasteiger partial charge is 0.496 e. The molecule has 1 N–H and O–H groups in total. The molecule has 0 saturated carbocycles. The average molecular weight is 235 g/mol. The molecule has 0 fully saturated rings. The molecule has 1 aromatic carbocycles. The lowest BCUT2D eigenvalue weighted by Gasteiger charge is -2.12. The first-order chi connectivity index (χ1) is 8.11. The molecule has 0 saturated heterocycles. The lowest BCUT2D eigenvalue weighted by molar-refractivity contribution is 0.0977. The van der Waals surface area contributed by atoms with Crippen LogP contribution in [0, 0.1) is 13.8 Å². The molecule has 0 heterocycles. The number of Topliss-reactive ketones (excluding diaryl/α,β-unsaturated/α-hetero) is 1. The molecule has 0 aliphatic rings. The van der Waals surface area contributed by atoms with Crippen molar-refractivity contribution in [1.29, 1.82) is 0 Å². The highest BCUT2D eigenvalue weighted by atomic mass is 16.5. The molecule has 1 rings (SSSR count). The first-order valence-electron chi connectivity index (χ1n) is 5.93. The van der Waals surface area contributed by atoms with Gasteiger partial charge in [-0.2, -0.15) is 0 Å². The molecule has 94 valence electrons. The number of benzene rings is 1. The molecule has 0 atom stereocenters. The van der Waals surface area contributed by atoms with Gasteiger partial charge in [0.15, 0.2) is 5.78 Å². The van der Waals surface area contributed by atoms with Crippen LogP contribution < -0.4 is 10.1 Å². The van der Waals surface area contributed by atoms with Crippen LogP contribution in [0.5, 0.6) is 5.75 Å². The fourth-order valence-electron chi connectivity index (χ4n) is 1.83. The van der Waals surface area contributed by atoms with Crippen LogP contribution in [0.3, 0.4) is 0 Å². The molecule has 0 aromatic heterocycles. The van der Waals surface area contributed by atoms with Gasteiger partial charge in [0.2, 0.25) is 0 Å². The SMILES string of the molecule is CNCCCC(=O)c1ccc(C)c(C)c1OC. The summed E-state index contributed by atoms with van der Waals surface area (Å²) in [5, 5.41) is 3.04. The molecule has 3 heteroatoms. The van der Waals surface area contributed by atoms with Gasteiger partial charge >= 0.3 is 0 Å². The van der Waals surface area contributed by atoms with Crippen LogP contribution in [0.25, 0.3) is 0 Å². The standard InChI is InChI=1S/C14H21NO2/c1-10-7-8-12(14(17-4)11(10)2)13(16)6-5-9-15-3/h7-8,15H,5-6,9H2,1-4H3. The zero-order valence-corrected chi connectivity index (χ0v) is 11.1. The summed E-state index contributed by atoms with van der Waals surface area (Å²) >= 11 is 0. The van der Waals surface area contributed by atoms with E-state index in [1.54, 1.807) is 7.11 Å². The van der Waals surface area contributed by atoms with Gasteiger partial charge in [-0.1, -0.05) is 6.07 Å². The molecule has 0 bridgehead atoms. The van der Waals surface area contributed by atoms with Crippen molar-refractivity contribution in [3.8, 4) is 5.75 Å². The lowest BCUT2D eigenvalue weighted by atomic mass is 9.99. The van der Waals surface area contributed by atoms with Crippen LogP contribution in [0.4, 0.5) is 0 Å². The van der Waals surface area contributed by atoms with E-state index in [2.05, 4.69) is 5.32 Å². The number of nitrogens with one attached hydrogen (secondary N) is 1. The quantitative estimate of drug-likeness (QED) is 0.608. The second-order valence-electron chi connectivity index (χ2n) is 4.22. The van der Waals surface area contributed by atoms with Gasteiger partial charge in [0.25, 0.3) is 0 Å². The van der Waals surface area contributed by atoms with Gasteiger partial charge < -0.3 is 10.1 Å². The maximum absolute atomic E-state index is 12.1. The molecule has 17 heavy (non-hydrogen) atoms. The Labute approximate surface area is 103 Å². The van der Waals surface area contributed by atoms with Crippen molar-refractivity contribution in [2.24, 2.45) is 0 Å². The van der Waals surface area contributed by atoms with E-state index >= 15 is 0 Å². The predicted octanol–water partition coefficient (Wildman–Crippen LogP) is 2.49. The van der Waals surface area contributed by atoms with Crippen molar-refractivity contribution in [2.45, 2.75) is 26.7 Å². The van der Waals surface area contributed by atoms with Crippen LogP contribution in [0.1, 0.15) is 34.3 Å². The monoisotopic (exact) mass is 235 g/mol. The number of hydrogen-bond acceptors (Lipinski definition) is 3. The van der Waals surface area contributed by atoms with E-state index in [1.807, 2.05) is 33.0 Å². The highest BCUT2D eigenvalue weighted by molar-refractivity contribution is 5.99. The van der Waals surface area contributed by atoms with Crippen molar-refractivity contribution < 1.29 is 9.53 Å². The molecular formula is C14H21NO2. The maximum Gasteiger partial charge on any atom is 0.166 e. The highest BCUT2D eigenvalue weighted by Crippen LogP contribution is 2.27. The molecule has 0 aliphatic carbocycles. The van der Waals surface area contributed by atoms with Crippen molar-refractivity contribution in [3.63, 3.8) is 0 Å². The summed E-state index contributed by atoms with van der Waals surface area (Å²) in [5.74, 6) is 0.875. The third-order valence-electron chi connectivity index (χ3n) is 3.01. The van der Waals surface area contributed by atoms with E-state index in [4.69, 9.17) is 4.74 Å². The molecule has 0 radical (unpaired) electrons. The van der Waals surface area contributed by atoms with E-state index in [9.17, 15) is 4.79 Å². The molecule has 0 aliphatic heterocycles. The summed E-state index contributed by atoms with van der Waals surface area (Å²) in [5.41, 5.74) is 2.90. The van der Waals surface area contributed by atoms with Gasteiger partial charge in [-0.05, 0) is 51.1 Å². The second kappa shape index (κ2) is 6.40. The number of carbonyl (C=O) groups is 1. The van der Waals surface area contributed by atoms with E-state index in [1.165, 1.54) is 0 Å². The zero-order chi connectivity index (χ0) is 12.8. The van der Waals surface area contributed by atoms with Crippen LogP contribution in [0.15, 0.2) is 12.1 Å². The number of aryl methyl sites for hydroxylation is 1. The van der Waals surface area contributed by atoms with Crippen LogP contribution in [-0.2, 0) is 0 Å². The zero-order valence-electron chi connectivity index (χ0n) is 11.1. The summed E-state index contributed by atoms with van der Waals surface area (Å²) in [7, 11) is 3.51. The normalized spacial score (nSPS) is 10.4. The van der Waals surface area contributed by atoms with Gasteiger partial charge in [0, 0.05) is 6.42 Å². The predicted molar refractivity (Wildman–Crippen MR) is 70.0 cm³/mol. The molecule has 1 aromatic rings. The molecule has 0 spiro atoms. The number of ether oxygens (including phenoxy) is 1. The lowest BCUT2D eigenvalue weighted by Crippen LogP contribution is -2.11. The Balaban J connectivity index is 2.90. The smallest absolute Gasteiger partial charge is 0.166 e. The van der Waals surface area contributed by atoms with Crippen molar-refractivity contribution in [3.05, 3.63) is 28.8 Å². The fraction of sp³-hybridized carbons (Fsp3) is 0.500. The number of ketones is 1. The Hall–Kier alpha value is -1.35. The molecule has 0 unspecified atom stereocenters. The summed E-state index contributed by atoms with van der Waals surface area (Å²) in [6.45, 7) is 4.87. The summed E-state index contributed by atoms with van der Waals surface area (Å²) < 4.78 is 5.35. The molecular weight excluding hydrogens is 214 g/mol. The first kappa shape index (κ1) is 13.7. The second-order valence-corrected chi connectivity index (χ2v) is 4.22. The number of rotatable bonds is 6. The summed E-state index contributed by atoms with van der Waals surface area (Å²) in [6, 6.07) is 3.84. The van der Waals surface area contributed by atoms with E-state index in [0.29, 0.717) is 12.0 Å². The highest BCUT2D eigenvalue weighted by Gasteiger charge is 2.14. The minimum atomic E-state index is 0.153. The van der Waals surface area contributed by atoms with E-state index in [0.717, 1.165) is 29.8 Å². The third kappa shape index (κ3) is 3.30. The molecule has 3 nitrogen and oxygen atoms in total. The van der Waals surface area contributed by atoms with Gasteiger partial charge in [-0.25, -0.2) is 0 Å². The minimum Gasteiger partial charge on any atom is -0.496 e. The Kier molecular flexibility index (Phi) is 5.16. The van der Waals surface area contributed by atoms with Crippen LogP contribution in [-0.4, -0.2) is 26.5 Å². The Morgan fingerprint density at radius 1 is 1.35 bits per heavy atom. The van der Waals surface area contributed by atoms with Crippen molar-refractivity contribution in [1.82, 2.24) is 5.32 Å². The summed E-state index contributed by atoms with van der Waals surface area (Å²) in [4.78, 5) is 12.1. The maximum atomic E-state index is 12.1. The number of carbonyl (C=O) groups excluding carboxylic acids is 1. The summed E-state index contributed by atoms with van der Waals surface area (Å²) in [6.07, 6.45) is 1.41. The van der Waals surface area contributed by atoms with Crippen molar-refractivity contribution in [2.75, 3.05) is 20.7 Å². The number of hydrogen-bond donors (Lipinski definition) is 1. The average Bonchev–Trinajstić information content (AvgIpc) is 2.32. The number of methoxy groups -OCH3 is 1. The first-order valence-corrected chi connectivity index (χ1v) is 5.93.